The summed E-state index contributed by atoms with van der Waals surface area (Å²) >= 11 is 0. The lowest BCUT2D eigenvalue weighted by molar-refractivity contribution is -0.116. The summed E-state index contributed by atoms with van der Waals surface area (Å²) in [6, 6.07) is 13.9. The first-order valence-electron chi connectivity index (χ1n) is 5.79. The van der Waals surface area contributed by atoms with Gasteiger partial charge >= 0.3 is 0 Å². The van der Waals surface area contributed by atoms with Gasteiger partial charge in [-0.25, -0.2) is 0 Å². The molecule has 0 atom stereocenters. The van der Waals surface area contributed by atoms with Crippen LogP contribution in [0.1, 0.15) is 12.8 Å². The Balaban J connectivity index is 2.21. The van der Waals surface area contributed by atoms with E-state index in [1.54, 1.807) is 0 Å². The highest BCUT2D eigenvalue weighted by atomic mass is 16.1. The number of carbonyl (C=O) groups is 1. The molecular formula is C14H16N2O. The standard InChI is InChI=1S/C14H16N2O/c15-10-4-9-14(17)16-13-8-3-6-11-5-1-2-7-12(11)13/h1-3,5-8H,4,9-10,15H2,(H,16,17). The van der Waals surface area contributed by atoms with E-state index in [9.17, 15) is 4.79 Å². The Hall–Kier alpha value is -1.87. The van der Waals surface area contributed by atoms with E-state index in [4.69, 9.17) is 5.73 Å². The molecule has 17 heavy (non-hydrogen) atoms. The number of rotatable bonds is 4. The summed E-state index contributed by atoms with van der Waals surface area (Å²) in [6.45, 7) is 0.545. The maximum atomic E-state index is 11.6. The molecular weight excluding hydrogens is 212 g/mol. The van der Waals surface area contributed by atoms with Crippen molar-refractivity contribution in [2.24, 2.45) is 5.73 Å². The lowest BCUT2D eigenvalue weighted by atomic mass is 10.1. The Morgan fingerprint density at radius 3 is 2.71 bits per heavy atom. The molecule has 0 saturated heterocycles. The second kappa shape index (κ2) is 5.46. The van der Waals surface area contributed by atoms with Gasteiger partial charge in [0, 0.05) is 17.5 Å². The molecule has 3 heteroatoms. The number of amides is 1. The number of hydrogen-bond donors (Lipinski definition) is 2. The minimum atomic E-state index is 0.0202. The van der Waals surface area contributed by atoms with Crippen molar-refractivity contribution in [2.75, 3.05) is 11.9 Å². The van der Waals surface area contributed by atoms with Gasteiger partial charge in [-0.05, 0) is 24.4 Å². The van der Waals surface area contributed by atoms with Crippen molar-refractivity contribution in [1.82, 2.24) is 0 Å². The Labute approximate surface area is 101 Å². The molecule has 0 radical (unpaired) electrons. The van der Waals surface area contributed by atoms with Crippen molar-refractivity contribution >= 4 is 22.4 Å². The van der Waals surface area contributed by atoms with Crippen LogP contribution in [0.25, 0.3) is 10.8 Å². The molecule has 88 valence electrons. The third-order valence-electron chi connectivity index (χ3n) is 2.67. The van der Waals surface area contributed by atoms with Crippen LogP contribution in [-0.4, -0.2) is 12.5 Å². The molecule has 0 aliphatic carbocycles. The van der Waals surface area contributed by atoms with E-state index in [0.29, 0.717) is 13.0 Å². The minimum absolute atomic E-state index is 0.0202. The predicted molar refractivity (Wildman–Crippen MR) is 70.9 cm³/mol. The fourth-order valence-electron chi connectivity index (χ4n) is 1.81. The van der Waals surface area contributed by atoms with Gasteiger partial charge in [0.2, 0.25) is 5.91 Å². The minimum Gasteiger partial charge on any atom is -0.330 e. The van der Waals surface area contributed by atoms with Crippen molar-refractivity contribution in [1.29, 1.82) is 0 Å². The van der Waals surface area contributed by atoms with Gasteiger partial charge in [-0.3, -0.25) is 4.79 Å². The summed E-state index contributed by atoms with van der Waals surface area (Å²) in [5.41, 5.74) is 6.25. The molecule has 2 aromatic carbocycles. The van der Waals surface area contributed by atoms with E-state index in [1.165, 1.54) is 0 Å². The maximum absolute atomic E-state index is 11.6. The first kappa shape index (κ1) is 11.6. The molecule has 1 amide bonds. The number of carbonyl (C=O) groups excluding carboxylic acids is 1. The SMILES string of the molecule is NCCCC(=O)Nc1cccc2ccccc12. The topological polar surface area (TPSA) is 55.1 Å². The largest absolute Gasteiger partial charge is 0.330 e. The van der Waals surface area contributed by atoms with Gasteiger partial charge in [-0.15, -0.1) is 0 Å². The van der Waals surface area contributed by atoms with Crippen molar-refractivity contribution in [3.05, 3.63) is 42.5 Å². The van der Waals surface area contributed by atoms with Gasteiger partial charge in [0.25, 0.3) is 0 Å². The average Bonchev–Trinajstić information content (AvgIpc) is 2.37. The van der Waals surface area contributed by atoms with Gasteiger partial charge in [0.05, 0.1) is 0 Å². The summed E-state index contributed by atoms with van der Waals surface area (Å²) in [4.78, 5) is 11.6. The molecule has 0 spiro atoms. The first-order chi connectivity index (χ1) is 8.31. The molecule has 2 rings (SSSR count). The van der Waals surface area contributed by atoms with Crippen molar-refractivity contribution in [3.63, 3.8) is 0 Å². The number of fused-ring (bicyclic) bond motifs is 1. The van der Waals surface area contributed by atoms with Crippen LogP contribution < -0.4 is 11.1 Å². The molecule has 2 aromatic rings. The summed E-state index contributed by atoms with van der Waals surface area (Å²) in [7, 11) is 0. The number of anilines is 1. The Morgan fingerprint density at radius 1 is 1.12 bits per heavy atom. The van der Waals surface area contributed by atoms with Gasteiger partial charge < -0.3 is 11.1 Å². The van der Waals surface area contributed by atoms with Crippen LogP contribution in [-0.2, 0) is 4.79 Å². The molecule has 0 bridgehead atoms. The fourth-order valence-corrected chi connectivity index (χ4v) is 1.81. The normalized spacial score (nSPS) is 10.4. The summed E-state index contributed by atoms with van der Waals surface area (Å²) in [5.74, 6) is 0.0202. The van der Waals surface area contributed by atoms with Gasteiger partial charge in [-0.2, -0.15) is 0 Å². The Kier molecular flexibility index (Phi) is 3.73. The average molecular weight is 228 g/mol. The maximum Gasteiger partial charge on any atom is 0.224 e. The zero-order chi connectivity index (χ0) is 12.1. The van der Waals surface area contributed by atoms with Crippen LogP contribution in [0.15, 0.2) is 42.5 Å². The predicted octanol–water partition coefficient (Wildman–Crippen LogP) is 2.52. The Morgan fingerprint density at radius 2 is 1.88 bits per heavy atom. The molecule has 0 fully saturated rings. The van der Waals surface area contributed by atoms with Crippen LogP contribution in [0.3, 0.4) is 0 Å². The lowest BCUT2D eigenvalue weighted by Crippen LogP contribution is -2.13. The number of nitrogens with one attached hydrogen (secondary N) is 1. The van der Waals surface area contributed by atoms with Crippen LogP contribution in [0.4, 0.5) is 5.69 Å². The molecule has 0 saturated carbocycles. The summed E-state index contributed by atoms with van der Waals surface area (Å²) in [6.07, 6.45) is 1.19. The van der Waals surface area contributed by atoms with E-state index in [-0.39, 0.29) is 5.91 Å². The van der Waals surface area contributed by atoms with Gasteiger partial charge in [0.15, 0.2) is 0 Å². The third kappa shape index (κ3) is 2.82. The second-order valence-corrected chi connectivity index (χ2v) is 3.97. The second-order valence-electron chi connectivity index (χ2n) is 3.97. The quantitative estimate of drug-likeness (QED) is 0.844. The molecule has 0 unspecified atom stereocenters. The number of hydrogen-bond acceptors (Lipinski definition) is 2. The highest BCUT2D eigenvalue weighted by Gasteiger charge is 2.04. The van der Waals surface area contributed by atoms with Crippen molar-refractivity contribution in [3.8, 4) is 0 Å². The lowest BCUT2D eigenvalue weighted by Gasteiger charge is -2.08. The van der Waals surface area contributed by atoms with E-state index >= 15 is 0 Å². The highest BCUT2D eigenvalue weighted by molar-refractivity contribution is 6.02. The zero-order valence-corrected chi connectivity index (χ0v) is 9.65. The summed E-state index contributed by atoms with van der Waals surface area (Å²) < 4.78 is 0. The van der Waals surface area contributed by atoms with Crippen molar-refractivity contribution in [2.45, 2.75) is 12.8 Å². The van der Waals surface area contributed by atoms with Crippen LogP contribution in [0.5, 0.6) is 0 Å². The fraction of sp³-hybridized carbons (Fsp3) is 0.214. The van der Waals surface area contributed by atoms with E-state index < -0.39 is 0 Å². The van der Waals surface area contributed by atoms with Gasteiger partial charge in [0.1, 0.15) is 0 Å². The molecule has 0 aliphatic rings. The van der Waals surface area contributed by atoms with E-state index in [0.717, 1.165) is 22.9 Å². The molecule has 3 N–H and O–H groups in total. The van der Waals surface area contributed by atoms with Crippen LogP contribution in [0, 0.1) is 0 Å². The number of benzene rings is 2. The monoisotopic (exact) mass is 228 g/mol. The van der Waals surface area contributed by atoms with Crippen LogP contribution >= 0.6 is 0 Å². The van der Waals surface area contributed by atoms with Gasteiger partial charge in [-0.1, -0.05) is 36.4 Å². The Bertz CT molecular complexity index is 517. The molecule has 0 heterocycles. The molecule has 0 aromatic heterocycles. The smallest absolute Gasteiger partial charge is 0.224 e. The molecule has 0 aliphatic heterocycles. The first-order valence-corrected chi connectivity index (χ1v) is 5.79. The zero-order valence-electron chi connectivity index (χ0n) is 9.65. The summed E-state index contributed by atoms with van der Waals surface area (Å²) in [5, 5.41) is 5.12. The molecule has 3 nitrogen and oxygen atoms in total. The van der Waals surface area contributed by atoms with E-state index in [1.807, 2.05) is 42.5 Å². The van der Waals surface area contributed by atoms with Crippen molar-refractivity contribution < 1.29 is 4.79 Å². The number of nitrogens with two attached hydrogens (primary N) is 1. The van der Waals surface area contributed by atoms with E-state index in [2.05, 4.69) is 5.32 Å². The highest BCUT2D eigenvalue weighted by Crippen LogP contribution is 2.22. The van der Waals surface area contributed by atoms with Crippen LogP contribution in [0.2, 0.25) is 0 Å². The third-order valence-corrected chi connectivity index (χ3v) is 2.67.